The van der Waals surface area contributed by atoms with Gasteiger partial charge in [0.2, 0.25) is 0 Å². The fourth-order valence-electron chi connectivity index (χ4n) is 2.26. The Bertz CT molecular complexity index is 448. The van der Waals surface area contributed by atoms with E-state index in [1.54, 1.807) is 13.4 Å². The maximum absolute atomic E-state index is 12.2. The van der Waals surface area contributed by atoms with Crippen molar-refractivity contribution in [1.29, 1.82) is 0 Å². The van der Waals surface area contributed by atoms with E-state index in [0.717, 1.165) is 43.4 Å². The van der Waals surface area contributed by atoms with E-state index in [-0.39, 0.29) is 12.1 Å². The van der Waals surface area contributed by atoms with E-state index in [1.807, 2.05) is 28.2 Å². The van der Waals surface area contributed by atoms with Crippen LogP contribution in [0, 0.1) is 0 Å². The molecule has 7 nitrogen and oxygen atoms in total. The highest BCUT2D eigenvalue weighted by Crippen LogP contribution is 2.13. The molecule has 118 valence electrons. The van der Waals surface area contributed by atoms with Crippen LogP contribution in [0.2, 0.25) is 0 Å². The van der Waals surface area contributed by atoms with Crippen LogP contribution in [0.3, 0.4) is 0 Å². The second kappa shape index (κ2) is 8.23. The van der Waals surface area contributed by atoms with Crippen molar-refractivity contribution < 1.29 is 9.53 Å². The fraction of sp³-hybridized carbons (Fsp3) is 0.769. The molecule has 1 aromatic heterocycles. The summed E-state index contributed by atoms with van der Waals surface area (Å²) in [4.78, 5) is 14.1. The molecule has 8 heteroatoms. The lowest BCUT2D eigenvalue weighted by atomic mass is 10.3. The van der Waals surface area contributed by atoms with Crippen LogP contribution in [0.1, 0.15) is 25.2 Å². The molecule has 1 aliphatic rings. The molecule has 0 spiro atoms. The van der Waals surface area contributed by atoms with Gasteiger partial charge in [-0.2, -0.15) is 11.8 Å². The second-order valence-electron chi connectivity index (χ2n) is 5.00. The van der Waals surface area contributed by atoms with E-state index in [1.165, 1.54) is 0 Å². The summed E-state index contributed by atoms with van der Waals surface area (Å²) in [5.41, 5.74) is 0. The molecular weight excluding hydrogens is 290 g/mol. The molecule has 1 atom stereocenters. The Morgan fingerprint density at radius 2 is 2.29 bits per heavy atom. The molecule has 0 bridgehead atoms. The summed E-state index contributed by atoms with van der Waals surface area (Å²) in [5, 5.41) is 11.1. The van der Waals surface area contributed by atoms with Crippen molar-refractivity contribution in [2.45, 2.75) is 25.9 Å². The van der Waals surface area contributed by atoms with E-state index >= 15 is 0 Å². The number of urea groups is 1. The highest BCUT2D eigenvalue weighted by molar-refractivity contribution is 7.99. The summed E-state index contributed by atoms with van der Waals surface area (Å²) < 4.78 is 7.02. The average Bonchev–Trinajstić information content (AvgIpc) is 2.97. The molecule has 0 unspecified atom stereocenters. The molecule has 1 saturated heterocycles. The maximum atomic E-state index is 12.2. The first kappa shape index (κ1) is 16.1. The van der Waals surface area contributed by atoms with E-state index in [2.05, 4.69) is 15.5 Å². The number of carbonyl (C=O) groups excluding carboxylic acids is 1. The van der Waals surface area contributed by atoms with Crippen LogP contribution in [0.4, 0.5) is 4.79 Å². The monoisotopic (exact) mass is 313 g/mol. The summed E-state index contributed by atoms with van der Waals surface area (Å²) in [7, 11) is 1.69. The van der Waals surface area contributed by atoms with E-state index in [4.69, 9.17) is 4.74 Å². The number of aryl methyl sites for hydroxylation is 1. The van der Waals surface area contributed by atoms with Crippen molar-refractivity contribution in [3.8, 4) is 0 Å². The first-order valence-corrected chi connectivity index (χ1v) is 8.37. The number of amides is 2. The summed E-state index contributed by atoms with van der Waals surface area (Å²) in [6, 6.07) is -0.175. The molecule has 2 heterocycles. The minimum absolute atomic E-state index is 0.0192. The summed E-state index contributed by atoms with van der Waals surface area (Å²) in [6.07, 6.45) is 2.59. The molecule has 1 N–H and O–H groups in total. The minimum atomic E-state index is -0.155. The Morgan fingerprint density at radius 1 is 1.52 bits per heavy atom. The third-order valence-corrected chi connectivity index (χ3v) is 4.36. The van der Waals surface area contributed by atoms with Gasteiger partial charge < -0.3 is 19.5 Å². The predicted octanol–water partition coefficient (Wildman–Crippen LogP) is 1.13. The zero-order chi connectivity index (χ0) is 15.1. The molecule has 2 rings (SSSR count). The highest BCUT2D eigenvalue weighted by Gasteiger charge is 2.21. The number of nitrogens with one attached hydrogen (secondary N) is 1. The van der Waals surface area contributed by atoms with Crippen LogP contribution >= 0.6 is 11.8 Å². The quantitative estimate of drug-likeness (QED) is 0.797. The smallest absolute Gasteiger partial charge is 0.318 e. The lowest BCUT2D eigenvalue weighted by Gasteiger charge is -2.28. The lowest BCUT2D eigenvalue weighted by molar-refractivity contribution is 0.189. The van der Waals surface area contributed by atoms with Crippen LogP contribution in [-0.4, -0.2) is 64.0 Å². The molecular formula is C13H23N5O2S. The van der Waals surface area contributed by atoms with E-state index in [0.29, 0.717) is 6.61 Å². The van der Waals surface area contributed by atoms with Crippen LogP contribution in [0.15, 0.2) is 6.33 Å². The van der Waals surface area contributed by atoms with E-state index < -0.39 is 0 Å². The minimum Gasteiger partial charge on any atom is -0.385 e. The molecule has 2 amide bonds. The highest BCUT2D eigenvalue weighted by atomic mass is 32.2. The number of aromatic nitrogens is 3. The van der Waals surface area contributed by atoms with Crippen molar-refractivity contribution >= 4 is 17.8 Å². The van der Waals surface area contributed by atoms with Crippen LogP contribution in [-0.2, 0) is 11.3 Å². The van der Waals surface area contributed by atoms with Gasteiger partial charge in [0.25, 0.3) is 0 Å². The zero-order valence-electron chi connectivity index (χ0n) is 12.6. The molecule has 0 aromatic carbocycles. The van der Waals surface area contributed by atoms with Crippen LogP contribution in [0.5, 0.6) is 0 Å². The van der Waals surface area contributed by atoms with E-state index in [9.17, 15) is 4.79 Å². The zero-order valence-corrected chi connectivity index (χ0v) is 13.4. The second-order valence-corrected chi connectivity index (χ2v) is 6.22. The van der Waals surface area contributed by atoms with Crippen molar-refractivity contribution in [2.24, 2.45) is 0 Å². The predicted molar refractivity (Wildman–Crippen MR) is 82.4 cm³/mol. The molecule has 1 fully saturated rings. The number of methoxy groups -OCH3 is 1. The molecule has 1 aromatic rings. The van der Waals surface area contributed by atoms with Gasteiger partial charge in [-0.15, -0.1) is 10.2 Å². The van der Waals surface area contributed by atoms with Crippen LogP contribution in [0.25, 0.3) is 0 Å². The largest absolute Gasteiger partial charge is 0.385 e. The number of thioether (sulfide) groups is 1. The summed E-state index contributed by atoms with van der Waals surface area (Å²) in [6.45, 7) is 5.04. The normalized spacial score (nSPS) is 16.8. The van der Waals surface area contributed by atoms with Gasteiger partial charge in [-0.05, 0) is 13.3 Å². The van der Waals surface area contributed by atoms with Gasteiger partial charge in [-0.25, -0.2) is 4.79 Å². The molecule has 21 heavy (non-hydrogen) atoms. The number of rotatable bonds is 6. The van der Waals surface area contributed by atoms with Crippen molar-refractivity contribution in [3.05, 3.63) is 12.2 Å². The van der Waals surface area contributed by atoms with Crippen LogP contribution < -0.4 is 5.32 Å². The Hall–Kier alpha value is -1.28. The van der Waals surface area contributed by atoms with Crippen molar-refractivity contribution in [3.63, 3.8) is 0 Å². The maximum Gasteiger partial charge on any atom is 0.318 e. The first-order valence-electron chi connectivity index (χ1n) is 7.22. The van der Waals surface area contributed by atoms with Gasteiger partial charge in [0.15, 0.2) is 5.82 Å². The third-order valence-electron chi connectivity index (χ3n) is 3.42. The fourth-order valence-corrected chi connectivity index (χ4v) is 3.16. The van der Waals surface area contributed by atoms with Gasteiger partial charge in [0.05, 0.1) is 6.04 Å². The van der Waals surface area contributed by atoms with Gasteiger partial charge in [-0.1, -0.05) is 0 Å². The van der Waals surface area contributed by atoms with Gasteiger partial charge in [-0.3, -0.25) is 0 Å². The number of hydrogen-bond acceptors (Lipinski definition) is 5. The number of hydrogen-bond donors (Lipinski definition) is 1. The van der Waals surface area contributed by atoms with Crippen molar-refractivity contribution in [2.75, 3.05) is 38.3 Å². The average molecular weight is 313 g/mol. The molecule has 0 saturated carbocycles. The number of nitrogens with zero attached hydrogens (tertiary/aromatic N) is 4. The summed E-state index contributed by atoms with van der Waals surface area (Å²) in [5.74, 6) is 2.80. The molecule has 0 radical (unpaired) electrons. The lowest BCUT2D eigenvalue weighted by Crippen LogP contribution is -2.45. The SMILES string of the molecule is COCCCn1cnnc1[C@H](C)NC(=O)N1CCSCC1. The third kappa shape index (κ3) is 4.60. The number of ether oxygens (including phenoxy) is 1. The Kier molecular flexibility index (Phi) is 6.31. The topological polar surface area (TPSA) is 72.3 Å². The number of carbonyl (C=O) groups is 1. The molecule has 0 aliphatic carbocycles. The summed E-state index contributed by atoms with van der Waals surface area (Å²) >= 11 is 1.89. The Morgan fingerprint density at radius 3 is 3.00 bits per heavy atom. The molecule has 1 aliphatic heterocycles. The Balaban J connectivity index is 1.88. The Labute approximate surface area is 129 Å². The van der Waals surface area contributed by atoms with Gasteiger partial charge in [0.1, 0.15) is 6.33 Å². The standard InChI is InChI=1S/C13H23N5O2S/c1-11(15-13(19)17-5-8-21-9-6-17)12-16-14-10-18(12)4-3-7-20-2/h10-11H,3-9H2,1-2H3,(H,15,19)/t11-/m0/s1. The first-order chi connectivity index (χ1) is 10.2. The van der Waals surface area contributed by atoms with Gasteiger partial charge >= 0.3 is 6.03 Å². The van der Waals surface area contributed by atoms with Crippen molar-refractivity contribution in [1.82, 2.24) is 25.0 Å². The van der Waals surface area contributed by atoms with Gasteiger partial charge in [0, 0.05) is 44.9 Å².